The normalized spacial score (nSPS) is 10.8. The third-order valence-electron chi connectivity index (χ3n) is 2.82. The van der Waals surface area contributed by atoms with Gasteiger partial charge >= 0.3 is 5.97 Å². The Balaban J connectivity index is 2.51. The van der Waals surface area contributed by atoms with Crippen LogP contribution in [0.3, 0.4) is 0 Å². The molecule has 0 radical (unpaired) electrons. The predicted octanol–water partition coefficient (Wildman–Crippen LogP) is -0.223. The minimum absolute atomic E-state index is 0.0100. The van der Waals surface area contributed by atoms with Crippen molar-refractivity contribution in [2.75, 3.05) is 33.7 Å². The summed E-state index contributed by atoms with van der Waals surface area (Å²) in [7, 11) is 3.97. The molecule has 8 heteroatoms. The first-order chi connectivity index (χ1) is 9.43. The van der Waals surface area contributed by atoms with Crippen LogP contribution >= 0.6 is 0 Å². The van der Waals surface area contributed by atoms with E-state index in [1.165, 1.54) is 10.9 Å². The molecule has 0 saturated carbocycles. The minimum atomic E-state index is -1.15. The Hall–Kier alpha value is -1.96. The number of nitrogens with zero attached hydrogens (tertiary/aromatic N) is 5. The molecule has 20 heavy (non-hydrogen) atoms. The average Bonchev–Trinajstić information content (AvgIpc) is 2.82. The second-order valence-electron chi connectivity index (χ2n) is 4.74. The Kier molecular flexibility index (Phi) is 6.10. The zero-order valence-electron chi connectivity index (χ0n) is 12.1. The highest BCUT2D eigenvalue weighted by Gasteiger charge is 2.15. The van der Waals surface area contributed by atoms with Crippen LogP contribution in [0.5, 0.6) is 0 Å². The highest BCUT2D eigenvalue weighted by molar-refractivity contribution is 5.84. The van der Waals surface area contributed by atoms with Crippen molar-refractivity contribution in [3.8, 4) is 0 Å². The molecule has 1 N–H and O–H groups in total. The molecule has 1 heterocycles. The molecule has 0 aliphatic heterocycles. The molecule has 1 aromatic heterocycles. The van der Waals surface area contributed by atoms with Crippen LogP contribution in [0.4, 0.5) is 0 Å². The first-order valence-corrected chi connectivity index (χ1v) is 6.50. The van der Waals surface area contributed by atoms with Gasteiger partial charge in [0.15, 0.2) is 5.69 Å². The monoisotopic (exact) mass is 283 g/mol. The molecule has 0 unspecified atom stereocenters. The molecule has 0 bridgehead atoms. The molecule has 0 aliphatic carbocycles. The van der Waals surface area contributed by atoms with Crippen molar-refractivity contribution in [3.63, 3.8) is 0 Å². The van der Waals surface area contributed by atoms with Crippen LogP contribution in [0, 0.1) is 0 Å². The fraction of sp³-hybridized carbons (Fsp3) is 0.667. The Labute approximate surface area is 118 Å². The van der Waals surface area contributed by atoms with Crippen molar-refractivity contribution < 1.29 is 14.7 Å². The van der Waals surface area contributed by atoms with Crippen molar-refractivity contribution in [2.45, 2.75) is 19.9 Å². The highest BCUT2D eigenvalue weighted by Crippen LogP contribution is 1.98. The quantitative estimate of drug-likeness (QED) is 0.709. The van der Waals surface area contributed by atoms with E-state index in [2.05, 4.69) is 15.2 Å². The van der Waals surface area contributed by atoms with E-state index >= 15 is 0 Å². The number of aromatic nitrogens is 3. The summed E-state index contributed by atoms with van der Waals surface area (Å²) in [6.45, 7) is 4.13. The van der Waals surface area contributed by atoms with Crippen LogP contribution in [0.2, 0.25) is 0 Å². The van der Waals surface area contributed by atoms with Crippen LogP contribution in [-0.2, 0) is 11.3 Å². The maximum Gasteiger partial charge on any atom is 0.358 e. The van der Waals surface area contributed by atoms with E-state index in [-0.39, 0.29) is 18.1 Å². The summed E-state index contributed by atoms with van der Waals surface area (Å²) < 4.78 is 1.25. The van der Waals surface area contributed by atoms with Gasteiger partial charge in [0, 0.05) is 13.1 Å². The summed E-state index contributed by atoms with van der Waals surface area (Å²) in [5, 5.41) is 15.8. The Morgan fingerprint density at radius 3 is 2.55 bits per heavy atom. The molecule has 0 spiro atoms. The number of carbonyl (C=O) groups excluding carboxylic acids is 1. The fourth-order valence-corrected chi connectivity index (χ4v) is 1.75. The summed E-state index contributed by atoms with van der Waals surface area (Å²) in [4.78, 5) is 26.5. The van der Waals surface area contributed by atoms with E-state index in [4.69, 9.17) is 5.11 Å². The highest BCUT2D eigenvalue weighted by atomic mass is 16.4. The van der Waals surface area contributed by atoms with E-state index < -0.39 is 5.97 Å². The number of carboxylic acid groups (broad SMARTS) is 1. The zero-order valence-corrected chi connectivity index (χ0v) is 12.1. The van der Waals surface area contributed by atoms with E-state index in [1.54, 1.807) is 4.90 Å². The number of aromatic carboxylic acids is 1. The van der Waals surface area contributed by atoms with Gasteiger partial charge in [-0.2, -0.15) is 0 Å². The smallest absolute Gasteiger partial charge is 0.358 e. The van der Waals surface area contributed by atoms with Crippen LogP contribution in [0.1, 0.15) is 23.8 Å². The van der Waals surface area contributed by atoms with Crippen molar-refractivity contribution >= 4 is 11.9 Å². The van der Waals surface area contributed by atoms with E-state index in [9.17, 15) is 9.59 Å². The number of carbonyl (C=O) groups is 2. The van der Waals surface area contributed by atoms with Gasteiger partial charge in [0.2, 0.25) is 5.91 Å². The third-order valence-corrected chi connectivity index (χ3v) is 2.82. The zero-order chi connectivity index (χ0) is 15.1. The minimum Gasteiger partial charge on any atom is -0.476 e. The second kappa shape index (κ2) is 7.59. The lowest BCUT2D eigenvalue weighted by Crippen LogP contribution is -2.35. The molecule has 0 aliphatic rings. The first kappa shape index (κ1) is 16.1. The van der Waals surface area contributed by atoms with Crippen LogP contribution in [-0.4, -0.2) is 75.5 Å². The molecule has 0 atom stereocenters. The number of amides is 1. The predicted molar refractivity (Wildman–Crippen MR) is 72.4 cm³/mol. The molecule has 1 amide bonds. The van der Waals surface area contributed by atoms with Gasteiger partial charge in [-0.25, -0.2) is 9.48 Å². The van der Waals surface area contributed by atoms with Crippen molar-refractivity contribution in [1.29, 1.82) is 0 Å². The van der Waals surface area contributed by atoms with Gasteiger partial charge in [-0.05, 0) is 34.0 Å². The number of rotatable bonds is 8. The maximum absolute atomic E-state index is 12.1. The van der Waals surface area contributed by atoms with Gasteiger partial charge < -0.3 is 14.9 Å². The number of hydrogen-bond donors (Lipinski definition) is 1. The lowest BCUT2D eigenvalue weighted by Gasteiger charge is -2.21. The number of hydrogen-bond acceptors (Lipinski definition) is 5. The van der Waals surface area contributed by atoms with Crippen molar-refractivity contribution in [1.82, 2.24) is 24.8 Å². The number of likely N-dealkylation sites (N-methyl/N-ethyl adjacent to an activating group) is 1. The van der Waals surface area contributed by atoms with Crippen LogP contribution in [0.25, 0.3) is 0 Å². The molecule has 0 aromatic carbocycles. The topological polar surface area (TPSA) is 91.6 Å². The number of carboxylic acids is 1. The Bertz CT molecular complexity index is 458. The first-order valence-electron chi connectivity index (χ1n) is 6.50. The summed E-state index contributed by atoms with van der Waals surface area (Å²) >= 11 is 0. The molecule has 112 valence electrons. The van der Waals surface area contributed by atoms with Gasteiger partial charge in [0.25, 0.3) is 0 Å². The Morgan fingerprint density at radius 1 is 1.35 bits per heavy atom. The standard InChI is InChI=1S/C12H21N5O3/c1-4-16(7-5-6-15(2)3)11(18)9-17-8-10(12(19)20)13-14-17/h8H,4-7,9H2,1-3H3,(H,19,20). The molecule has 1 aromatic rings. The summed E-state index contributed by atoms with van der Waals surface area (Å²) in [5.74, 6) is -1.24. The summed E-state index contributed by atoms with van der Waals surface area (Å²) in [6, 6.07) is 0. The van der Waals surface area contributed by atoms with Gasteiger partial charge in [0.05, 0.1) is 6.20 Å². The van der Waals surface area contributed by atoms with Gasteiger partial charge in [-0.1, -0.05) is 5.21 Å². The van der Waals surface area contributed by atoms with Gasteiger partial charge in [0.1, 0.15) is 6.54 Å². The SMILES string of the molecule is CCN(CCCN(C)C)C(=O)Cn1cc(C(=O)O)nn1. The molecule has 8 nitrogen and oxygen atoms in total. The van der Waals surface area contributed by atoms with Crippen LogP contribution < -0.4 is 0 Å². The summed E-state index contributed by atoms with van der Waals surface area (Å²) in [6.07, 6.45) is 2.15. The molecular formula is C12H21N5O3. The lowest BCUT2D eigenvalue weighted by molar-refractivity contribution is -0.132. The van der Waals surface area contributed by atoms with Crippen LogP contribution in [0.15, 0.2) is 6.20 Å². The second-order valence-corrected chi connectivity index (χ2v) is 4.74. The van der Waals surface area contributed by atoms with E-state index in [0.717, 1.165) is 13.0 Å². The van der Waals surface area contributed by atoms with E-state index in [1.807, 2.05) is 21.0 Å². The molecule has 0 saturated heterocycles. The molecular weight excluding hydrogens is 262 g/mol. The van der Waals surface area contributed by atoms with E-state index in [0.29, 0.717) is 13.1 Å². The van der Waals surface area contributed by atoms with Gasteiger partial charge in [-0.3, -0.25) is 4.79 Å². The lowest BCUT2D eigenvalue weighted by atomic mass is 10.3. The maximum atomic E-state index is 12.1. The third kappa shape index (κ3) is 4.96. The van der Waals surface area contributed by atoms with Crippen molar-refractivity contribution in [3.05, 3.63) is 11.9 Å². The molecule has 0 fully saturated rings. The Morgan fingerprint density at radius 2 is 2.05 bits per heavy atom. The summed E-state index contributed by atoms with van der Waals surface area (Å²) in [5.41, 5.74) is -0.159. The fourth-order valence-electron chi connectivity index (χ4n) is 1.75. The molecule has 1 rings (SSSR count). The average molecular weight is 283 g/mol. The largest absolute Gasteiger partial charge is 0.476 e. The van der Waals surface area contributed by atoms with Gasteiger partial charge in [-0.15, -0.1) is 5.10 Å². The van der Waals surface area contributed by atoms with Crippen molar-refractivity contribution in [2.24, 2.45) is 0 Å².